The van der Waals surface area contributed by atoms with Crippen molar-refractivity contribution >= 4 is 5.69 Å². The molecule has 1 rings (SSSR count). The Labute approximate surface area is 91.7 Å². The molecule has 0 saturated carbocycles. The van der Waals surface area contributed by atoms with E-state index in [1.54, 1.807) is 0 Å². The number of aliphatic hydroxyl groups excluding tert-OH is 1. The molecule has 0 radical (unpaired) electrons. The number of para-hydroxylation sites is 1. The smallest absolute Gasteiger partial charge is 0.0606 e. The molecule has 0 aliphatic rings. The highest BCUT2D eigenvalue weighted by atomic mass is 16.3. The second kappa shape index (κ2) is 5.73. The van der Waals surface area contributed by atoms with Gasteiger partial charge in [-0.05, 0) is 25.6 Å². The highest BCUT2D eigenvalue weighted by molar-refractivity contribution is 5.54. The summed E-state index contributed by atoms with van der Waals surface area (Å²) < 4.78 is 0. The van der Waals surface area contributed by atoms with Gasteiger partial charge in [0.1, 0.15) is 0 Å². The highest BCUT2D eigenvalue weighted by Gasteiger charge is 2.10. The van der Waals surface area contributed by atoms with Crippen LogP contribution in [0, 0.1) is 0 Å². The Kier molecular flexibility index (Phi) is 4.59. The number of hydrogen-bond acceptors (Lipinski definition) is 3. The van der Waals surface area contributed by atoms with Gasteiger partial charge in [0.2, 0.25) is 0 Å². The first-order valence-electron chi connectivity index (χ1n) is 5.29. The molecule has 0 amide bonds. The van der Waals surface area contributed by atoms with Gasteiger partial charge in [-0.1, -0.05) is 18.2 Å². The zero-order valence-corrected chi connectivity index (χ0v) is 9.70. The molecule has 84 valence electrons. The summed E-state index contributed by atoms with van der Waals surface area (Å²) in [4.78, 5) is 2.07. The zero-order valence-electron chi connectivity index (χ0n) is 9.70. The van der Waals surface area contributed by atoms with E-state index >= 15 is 0 Å². The molecule has 0 fully saturated rings. The molecule has 1 aromatic rings. The fourth-order valence-corrected chi connectivity index (χ4v) is 1.63. The third kappa shape index (κ3) is 2.94. The number of nitrogens with zero attached hydrogens (tertiary/aromatic N) is 1. The van der Waals surface area contributed by atoms with Crippen LogP contribution in [-0.4, -0.2) is 32.4 Å². The third-order valence-electron chi connectivity index (χ3n) is 2.68. The average molecular weight is 208 g/mol. The van der Waals surface area contributed by atoms with E-state index in [2.05, 4.69) is 29.3 Å². The van der Waals surface area contributed by atoms with Crippen LogP contribution in [-0.2, 0) is 0 Å². The standard InChI is InChI=1S/C12H20N2O/c1-10(13-2)11-6-4-5-7-12(11)14(3)8-9-15/h4-7,10,13,15H,8-9H2,1-3H3. The van der Waals surface area contributed by atoms with E-state index in [-0.39, 0.29) is 6.61 Å². The molecule has 2 N–H and O–H groups in total. The molecule has 15 heavy (non-hydrogen) atoms. The van der Waals surface area contributed by atoms with Gasteiger partial charge in [-0.15, -0.1) is 0 Å². The molecule has 0 aliphatic carbocycles. The second-order valence-electron chi connectivity index (χ2n) is 3.71. The Bertz CT molecular complexity index is 301. The van der Waals surface area contributed by atoms with Gasteiger partial charge in [0.15, 0.2) is 0 Å². The lowest BCUT2D eigenvalue weighted by Crippen LogP contribution is -2.24. The van der Waals surface area contributed by atoms with Crippen molar-refractivity contribution in [1.82, 2.24) is 5.32 Å². The van der Waals surface area contributed by atoms with Crippen LogP contribution >= 0.6 is 0 Å². The van der Waals surface area contributed by atoms with Gasteiger partial charge in [0.05, 0.1) is 6.61 Å². The van der Waals surface area contributed by atoms with Gasteiger partial charge in [-0.25, -0.2) is 0 Å². The summed E-state index contributed by atoms with van der Waals surface area (Å²) in [7, 11) is 3.95. The van der Waals surface area contributed by atoms with Crippen molar-refractivity contribution in [3.8, 4) is 0 Å². The van der Waals surface area contributed by atoms with Crippen LogP contribution in [0.5, 0.6) is 0 Å². The van der Waals surface area contributed by atoms with E-state index in [9.17, 15) is 0 Å². The lowest BCUT2D eigenvalue weighted by atomic mass is 10.1. The molecule has 3 heteroatoms. The van der Waals surface area contributed by atoms with Crippen LogP contribution in [0.2, 0.25) is 0 Å². The van der Waals surface area contributed by atoms with Crippen LogP contribution in [0.15, 0.2) is 24.3 Å². The van der Waals surface area contributed by atoms with Crippen molar-refractivity contribution in [2.45, 2.75) is 13.0 Å². The van der Waals surface area contributed by atoms with Crippen molar-refractivity contribution in [2.24, 2.45) is 0 Å². The van der Waals surface area contributed by atoms with Gasteiger partial charge in [0.25, 0.3) is 0 Å². The Morgan fingerprint density at radius 1 is 1.40 bits per heavy atom. The Balaban J connectivity index is 2.95. The van der Waals surface area contributed by atoms with Gasteiger partial charge < -0.3 is 15.3 Å². The SMILES string of the molecule is CNC(C)c1ccccc1N(C)CCO. The number of benzene rings is 1. The molecular weight excluding hydrogens is 188 g/mol. The fraction of sp³-hybridized carbons (Fsp3) is 0.500. The molecule has 0 heterocycles. The summed E-state index contributed by atoms with van der Waals surface area (Å²) in [5, 5.41) is 12.2. The Morgan fingerprint density at radius 3 is 2.67 bits per heavy atom. The maximum Gasteiger partial charge on any atom is 0.0606 e. The number of likely N-dealkylation sites (N-methyl/N-ethyl adjacent to an activating group) is 1. The van der Waals surface area contributed by atoms with Crippen molar-refractivity contribution in [3.05, 3.63) is 29.8 Å². The normalized spacial score (nSPS) is 12.5. The van der Waals surface area contributed by atoms with Crippen molar-refractivity contribution in [3.63, 3.8) is 0 Å². The summed E-state index contributed by atoms with van der Waals surface area (Å²) in [6.45, 7) is 2.97. The number of rotatable bonds is 5. The lowest BCUT2D eigenvalue weighted by molar-refractivity contribution is 0.304. The predicted molar refractivity (Wildman–Crippen MR) is 64.3 cm³/mol. The van der Waals surface area contributed by atoms with E-state index < -0.39 is 0 Å². The quantitative estimate of drug-likeness (QED) is 0.767. The molecule has 0 spiro atoms. The number of aliphatic hydroxyl groups is 1. The van der Waals surface area contributed by atoms with E-state index in [0.29, 0.717) is 12.6 Å². The number of hydrogen-bond donors (Lipinski definition) is 2. The van der Waals surface area contributed by atoms with E-state index in [1.807, 2.05) is 26.2 Å². The van der Waals surface area contributed by atoms with Crippen LogP contribution in [0.25, 0.3) is 0 Å². The van der Waals surface area contributed by atoms with E-state index in [4.69, 9.17) is 5.11 Å². The van der Waals surface area contributed by atoms with Gasteiger partial charge in [-0.3, -0.25) is 0 Å². The topological polar surface area (TPSA) is 35.5 Å². The first kappa shape index (κ1) is 12.0. The minimum Gasteiger partial charge on any atom is -0.395 e. The van der Waals surface area contributed by atoms with Gasteiger partial charge in [0, 0.05) is 25.3 Å². The maximum absolute atomic E-state index is 8.93. The third-order valence-corrected chi connectivity index (χ3v) is 2.68. The predicted octanol–water partition coefficient (Wildman–Crippen LogP) is 1.40. The number of nitrogens with one attached hydrogen (secondary N) is 1. The van der Waals surface area contributed by atoms with Crippen molar-refractivity contribution < 1.29 is 5.11 Å². The molecule has 0 aliphatic heterocycles. The van der Waals surface area contributed by atoms with Crippen LogP contribution in [0.3, 0.4) is 0 Å². The monoisotopic (exact) mass is 208 g/mol. The highest BCUT2D eigenvalue weighted by Crippen LogP contribution is 2.24. The number of anilines is 1. The van der Waals surface area contributed by atoms with Crippen LogP contribution < -0.4 is 10.2 Å². The van der Waals surface area contributed by atoms with Gasteiger partial charge >= 0.3 is 0 Å². The first-order valence-corrected chi connectivity index (χ1v) is 5.29. The maximum atomic E-state index is 8.93. The first-order chi connectivity index (χ1) is 7.20. The largest absolute Gasteiger partial charge is 0.395 e. The molecule has 1 aromatic carbocycles. The van der Waals surface area contributed by atoms with Crippen molar-refractivity contribution in [2.75, 3.05) is 32.1 Å². The van der Waals surface area contributed by atoms with Crippen LogP contribution in [0.4, 0.5) is 5.69 Å². The molecule has 1 atom stereocenters. The summed E-state index contributed by atoms with van der Waals surface area (Å²) in [5.74, 6) is 0. The Morgan fingerprint density at radius 2 is 2.07 bits per heavy atom. The molecule has 0 saturated heterocycles. The van der Waals surface area contributed by atoms with Crippen molar-refractivity contribution in [1.29, 1.82) is 0 Å². The minimum atomic E-state index is 0.179. The minimum absolute atomic E-state index is 0.179. The average Bonchev–Trinajstić information content (AvgIpc) is 2.28. The molecular formula is C12H20N2O. The lowest BCUT2D eigenvalue weighted by Gasteiger charge is -2.24. The second-order valence-corrected chi connectivity index (χ2v) is 3.71. The molecule has 1 unspecified atom stereocenters. The fourth-order valence-electron chi connectivity index (χ4n) is 1.63. The zero-order chi connectivity index (χ0) is 11.3. The summed E-state index contributed by atoms with van der Waals surface area (Å²) >= 11 is 0. The molecule has 0 aromatic heterocycles. The Hall–Kier alpha value is -1.06. The summed E-state index contributed by atoms with van der Waals surface area (Å²) in [6, 6.07) is 8.58. The molecule has 0 bridgehead atoms. The van der Waals surface area contributed by atoms with Gasteiger partial charge in [-0.2, -0.15) is 0 Å². The van der Waals surface area contributed by atoms with E-state index in [1.165, 1.54) is 11.3 Å². The summed E-state index contributed by atoms with van der Waals surface area (Å²) in [6.07, 6.45) is 0. The van der Waals surface area contributed by atoms with Crippen LogP contribution in [0.1, 0.15) is 18.5 Å². The van der Waals surface area contributed by atoms with E-state index in [0.717, 1.165) is 0 Å². The summed E-state index contributed by atoms with van der Waals surface area (Å²) in [5.41, 5.74) is 2.43. The molecule has 3 nitrogen and oxygen atoms in total.